The zero-order valence-corrected chi connectivity index (χ0v) is 18.8. The molecule has 0 atom stereocenters. The number of nitrogens with zero attached hydrogens (tertiary/aromatic N) is 3. The van der Waals surface area contributed by atoms with Crippen molar-refractivity contribution in [2.24, 2.45) is 5.10 Å². The molecule has 0 saturated heterocycles. The van der Waals surface area contributed by atoms with Gasteiger partial charge in [0.25, 0.3) is 0 Å². The lowest BCUT2D eigenvalue weighted by molar-refractivity contribution is 0.475. The van der Waals surface area contributed by atoms with Crippen LogP contribution < -0.4 is 5.43 Å². The number of rotatable bonds is 4. The van der Waals surface area contributed by atoms with Gasteiger partial charge >= 0.3 is 0 Å². The fraction of sp³-hybridized carbons (Fsp3) is 0.0385. The molecule has 4 aromatic carbocycles. The summed E-state index contributed by atoms with van der Waals surface area (Å²) in [4.78, 5) is 9.39. The van der Waals surface area contributed by atoms with E-state index < -0.39 is 0 Å². The second-order valence-electron chi connectivity index (χ2n) is 7.41. The number of hydrogen-bond donors (Lipinski definition) is 2. The summed E-state index contributed by atoms with van der Waals surface area (Å²) < 4.78 is 0.965. The largest absolute Gasteiger partial charge is 0.507 e. The normalized spacial score (nSPS) is 11.8. The van der Waals surface area contributed by atoms with Crippen LogP contribution in [-0.2, 0) is 0 Å². The van der Waals surface area contributed by atoms with Gasteiger partial charge in [-0.2, -0.15) is 5.10 Å². The van der Waals surface area contributed by atoms with Crippen molar-refractivity contribution < 1.29 is 5.11 Å². The van der Waals surface area contributed by atoms with E-state index in [1.54, 1.807) is 6.07 Å². The van der Waals surface area contributed by atoms with Gasteiger partial charge in [0.1, 0.15) is 5.75 Å². The SMILES string of the molecule is C/C(=N/Nc1nc(-c2ccccc2)c2cc(Br)ccc2n1)c1c(O)ccc2ccccc12. The number of fused-ring (bicyclic) bond motifs is 2. The molecule has 0 spiro atoms. The molecule has 0 radical (unpaired) electrons. The summed E-state index contributed by atoms with van der Waals surface area (Å²) >= 11 is 3.54. The molecule has 5 nitrogen and oxygen atoms in total. The van der Waals surface area contributed by atoms with Crippen molar-refractivity contribution in [3.05, 3.63) is 95.0 Å². The van der Waals surface area contributed by atoms with Gasteiger partial charge in [0, 0.05) is 21.0 Å². The van der Waals surface area contributed by atoms with E-state index in [0.717, 1.165) is 37.4 Å². The lowest BCUT2D eigenvalue weighted by Crippen LogP contribution is -2.04. The Balaban J connectivity index is 1.59. The van der Waals surface area contributed by atoms with Gasteiger partial charge in [0.2, 0.25) is 5.95 Å². The Morgan fingerprint density at radius 2 is 1.66 bits per heavy atom. The van der Waals surface area contributed by atoms with Gasteiger partial charge in [-0.3, -0.25) is 0 Å². The van der Waals surface area contributed by atoms with Gasteiger partial charge in [-0.05, 0) is 42.0 Å². The summed E-state index contributed by atoms with van der Waals surface area (Å²) in [7, 11) is 0. The molecule has 32 heavy (non-hydrogen) atoms. The van der Waals surface area contributed by atoms with E-state index in [-0.39, 0.29) is 5.75 Å². The highest BCUT2D eigenvalue weighted by molar-refractivity contribution is 9.10. The molecular weight excluding hydrogens is 464 g/mol. The second kappa shape index (κ2) is 8.40. The average Bonchev–Trinajstić information content (AvgIpc) is 2.82. The average molecular weight is 483 g/mol. The zero-order valence-electron chi connectivity index (χ0n) is 17.2. The topological polar surface area (TPSA) is 70.4 Å². The van der Waals surface area contributed by atoms with Crippen LogP contribution in [-0.4, -0.2) is 20.8 Å². The minimum atomic E-state index is 0.181. The van der Waals surface area contributed by atoms with Crippen LogP contribution in [0, 0.1) is 0 Å². The minimum Gasteiger partial charge on any atom is -0.507 e. The molecular formula is C26H19BrN4O. The second-order valence-corrected chi connectivity index (χ2v) is 8.33. The number of benzene rings is 4. The van der Waals surface area contributed by atoms with Gasteiger partial charge in [0.05, 0.1) is 16.9 Å². The third kappa shape index (κ3) is 3.81. The molecule has 0 saturated carbocycles. The highest BCUT2D eigenvalue weighted by atomic mass is 79.9. The van der Waals surface area contributed by atoms with Crippen LogP contribution in [0.3, 0.4) is 0 Å². The molecule has 0 aliphatic heterocycles. The number of anilines is 1. The summed E-state index contributed by atoms with van der Waals surface area (Å²) in [6.07, 6.45) is 0. The number of aromatic nitrogens is 2. The van der Waals surface area contributed by atoms with E-state index >= 15 is 0 Å². The number of phenols is 1. The summed E-state index contributed by atoms with van der Waals surface area (Å²) in [6.45, 7) is 1.85. The smallest absolute Gasteiger partial charge is 0.244 e. The van der Waals surface area contributed by atoms with Gasteiger partial charge in [-0.15, -0.1) is 0 Å². The fourth-order valence-corrected chi connectivity index (χ4v) is 4.16. The van der Waals surface area contributed by atoms with E-state index in [9.17, 15) is 5.11 Å². The molecule has 0 unspecified atom stereocenters. The van der Waals surface area contributed by atoms with Crippen LogP contribution in [0.5, 0.6) is 5.75 Å². The maximum atomic E-state index is 10.5. The molecule has 0 aliphatic rings. The first-order chi connectivity index (χ1) is 15.6. The first-order valence-corrected chi connectivity index (χ1v) is 10.9. The van der Waals surface area contributed by atoms with E-state index in [1.165, 1.54) is 0 Å². The van der Waals surface area contributed by atoms with Crippen molar-refractivity contribution >= 4 is 49.3 Å². The Bertz CT molecular complexity index is 1480. The van der Waals surface area contributed by atoms with Crippen molar-refractivity contribution in [3.63, 3.8) is 0 Å². The van der Waals surface area contributed by atoms with Crippen LogP contribution in [0.25, 0.3) is 32.9 Å². The fourth-order valence-electron chi connectivity index (χ4n) is 3.80. The third-order valence-electron chi connectivity index (χ3n) is 5.30. The van der Waals surface area contributed by atoms with Crippen molar-refractivity contribution in [3.8, 4) is 17.0 Å². The Morgan fingerprint density at radius 3 is 2.50 bits per heavy atom. The van der Waals surface area contributed by atoms with Crippen LogP contribution >= 0.6 is 15.9 Å². The first kappa shape index (κ1) is 20.2. The number of hydrogen-bond acceptors (Lipinski definition) is 5. The number of hydrazone groups is 1. The predicted octanol–water partition coefficient (Wildman–Crippen LogP) is 6.75. The Kier molecular flexibility index (Phi) is 5.29. The molecule has 1 heterocycles. The molecule has 2 N–H and O–H groups in total. The number of nitrogens with one attached hydrogen (secondary N) is 1. The van der Waals surface area contributed by atoms with E-state index in [4.69, 9.17) is 4.98 Å². The summed E-state index contributed by atoms with van der Waals surface area (Å²) in [5.74, 6) is 0.568. The standard InChI is InChI=1S/C26H19BrN4O/c1-16(24-20-10-6-5-7-17(20)11-14-23(24)32)30-31-26-28-22-13-12-19(27)15-21(22)25(29-26)18-8-3-2-4-9-18/h2-15,32H,1H3,(H,28,29,31)/b30-16-. The van der Waals surface area contributed by atoms with Crippen molar-refractivity contribution in [1.82, 2.24) is 9.97 Å². The summed E-state index contributed by atoms with van der Waals surface area (Å²) in [5.41, 5.74) is 6.94. The van der Waals surface area contributed by atoms with E-state index in [2.05, 4.69) is 31.4 Å². The number of halogens is 1. The van der Waals surface area contributed by atoms with Crippen LogP contribution in [0.4, 0.5) is 5.95 Å². The Morgan fingerprint density at radius 1 is 0.875 bits per heavy atom. The van der Waals surface area contributed by atoms with Crippen molar-refractivity contribution in [2.45, 2.75) is 6.92 Å². The highest BCUT2D eigenvalue weighted by Gasteiger charge is 2.12. The molecule has 1 aromatic heterocycles. The van der Waals surface area contributed by atoms with Crippen molar-refractivity contribution in [2.75, 3.05) is 5.43 Å². The molecule has 0 aliphatic carbocycles. The zero-order chi connectivity index (χ0) is 22.1. The molecule has 0 bridgehead atoms. The van der Waals surface area contributed by atoms with Gasteiger partial charge in [0.15, 0.2) is 0 Å². The molecule has 156 valence electrons. The molecule has 0 amide bonds. The van der Waals surface area contributed by atoms with E-state index in [0.29, 0.717) is 17.2 Å². The predicted molar refractivity (Wildman–Crippen MR) is 134 cm³/mol. The summed E-state index contributed by atoms with van der Waals surface area (Å²) in [6, 6.07) is 27.4. The lowest BCUT2D eigenvalue weighted by Gasteiger charge is -2.11. The monoisotopic (exact) mass is 482 g/mol. The van der Waals surface area contributed by atoms with Gasteiger partial charge in [-0.25, -0.2) is 15.4 Å². The van der Waals surface area contributed by atoms with E-state index in [1.807, 2.05) is 85.8 Å². The highest BCUT2D eigenvalue weighted by Crippen LogP contribution is 2.30. The lowest BCUT2D eigenvalue weighted by atomic mass is 10.0. The summed E-state index contributed by atoms with van der Waals surface area (Å²) in [5, 5.41) is 17.9. The van der Waals surface area contributed by atoms with Gasteiger partial charge < -0.3 is 5.11 Å². The number of aromatic hydroxyl groups is 1. The molecule has 5 rings (SSSR count). The Labute approximate surface area is 193 Å². The quantitative estimate of drug-likeness (QED) is 0.219. The van der Waals surface area contributed by atoms with Crippen LogP contribution in [0.2, 0.25) is 0 Å². The number of phenolic OH excluding ortho intramolecular Hbond substituents is 1. The minimum absolute atomic E-state index is 0.181. The third-order valence-corrected chi connectivity index (χ3v) is 5.79. The Hall–Kier alpha value is -3.77. The maximum absolute atomic E-state index is 10.5. The van der Waals surface area contributed by atoms with Crippen LogP contribution in [0.15, 0.2) is 94.5 Å². The molecule has 5 aromatic rings. The van der Waals surface area contributed by atoms with Crippen molar-refractivity contribution in [1.29, 1.82) is 0 Å². The molecule has 0 fully saturated rings. The van der Waals surface area contributed by atoms with Crippen LogP contribution in [0.1, 0.15) is 12.5 Å². The first-order valence-electron chi connectivity index (χ1n) is 10.1. The molecule has 6 heteroatoms. The maximum Gasteiger partial charge on any atom is 0.244 e. The van der Waals surface area contributed by atoms with Gasteiger partial charge in [-0.1, -0.05) is 76.6 Å².